The predicted molar refractivity (Wildman–Crippen MR) is 47.9 cm³/mol. The molecule has 0 aliphatic heterocycles. The lowest BCUT2D eigenvalue weighted by Crippen LogP contribution is -1.94. The average Bonchev–Trinajstić information content (AvgIpc) is 2.05. The minimum Gasteiger partial charge on any atom is -0.231 e. The molecule has 60 valence electrons. The third-order valence-corrected chi connectivity index (χ3v) is 1.99. The largest absolute Gasteiger partial charge is 0.231 e. The van der Waals surface area contributed by atoms with Gasteiger partial charge in [-0.25, -0.2) is 9.97 Å². The molecule has 1 aromatic heterocycles. The molecule has 0 aliphatic carbocycles. The highest BCUT2D eigenvalue weighted by atomic mass is 32.2. The maximum absolute atomic E-state index is 4.34. The van der Waals surface area contributed by atoms with Crippen molar-refractivity contribution in [3.63, 3.8) is 0 Å². The van der Waals surface area contributed by atoms with Crippen LogP contribution in [0.3, 0.4) is 0 Å². The first-order valence-electron chi connectivity index (χ1n) is 3.61. The van der Waals surface area contributed by atoms with Crippen LogP contribution < -0.4 is 0 Å². The Kier molecular flexibility index (Phi) is 2.88. The molecule has 0 unspecified atom stereocenters. The van der Waals surface area contributed by atoms with E-state index < -0.39 is 0 Å². The SMILES string of the molecule is CSc1nccc(C(C)C)n1. The molecule has 0 bridgehead atoms. The fourth-order valence-electron chi connectivity index (χ4n) is 0.774. The molecule has 1 heterocycles. The summed E-state index contributed by atoms with van der Waals surface area (Å²) in [6.07, 6.45) is 3.80. The van der Waals surface area contributed by atoms with Gasteiger partial charge in [-0.2, -0.15) is 0 Å². The second-order valence-electron chi connectivity index (χ2n) is 2.62. The van der Waals surface area contributed by atoms with E-state index in [1.54, 1.807) is 11.8 Å². The quantitative estimate of drug-likeness (QED) is 0.500. The van der Waals surface area contributed by atoms with E-state index in [1.807, 2.05) is 18.5 Å². The van der Waals surface area contributed by atoms with Crippen LogP contribution in [0, 0.1) is 0 Å². The third kappa shape index (κ3) is 2.19. The van der Waals surface area contributed by atoms with Gasteiger partial charge in [0.25, 0.3) is 0 Å². The molecule has 0 aromatic carbocycles. The summed E-state index contributed by atoms with van der Waals surface area (Å²) in [4.78, 5) is 8.43. The fraction of sp³-hybridized carbons (Fsp3) is 0.500. The number of rotatable bonds is 2. The van der Waals surface area contributed by atoms with Crippen molar-refractivity contribution in [2.24, 2.45) is 0 Å². The fourth-order valence-corrected chi connectivity index (χ4v) is 1.14. The summed E-state index contributed by atoms with van der Waals surface area (Å²) in [6.45, 7) is 4.26. The minimum atomic E-state index is 0.490. The molecule has 0 saturated carbocycles. The lowest BCUT2D eigenvalue weighted by Gasteiger charge is -2.03. The lowest BCUT2D eigenvalue weighted by molar-refractivity contribution is 0.779. The van der Waals surface area contributed by atoms with Crippen molar-refractivity contribution in [2.75, 3.05) is 6.26 Å². The smallest absolute Gasteiger partial charge is 0.187 e. The number of aromatic nitrogens is 2. The van der Waals surface area contributed by atoms with E-state index >= 15 is 0 Å². The van der Waals surface area contributed by atoms with Crippen LogP contribution in [-0.2, 0) is 0 Å². The van der Waals surface area contributed by atoms with Crippen LogP contribution in [-0.4, -0.2) is 16.2 Å². The monoisotopic (exact) mass is 168 g/mol. The lowest BCUT2D eigenvalue weighted by atomic mass is 10.1. The van der Waals surface area contributed by atoms with Gasteiger partial charge in [0.05, 0.1) is 0 Å². The van der Waals surface area contributed by atoms with E-state index in [0.717, 1.165) is 10.9 Å². The van der Waals surface area contributed by atoms with Gasteiger partial charge in [-0.05, 0) is 18.2 Å². The van der Waals surface area contributed by atoms with E-state index in [2.05, 4.69) is 23.8 Å². The molecular weight excluding hydrogens is 156 g/mol. The van der Waals surface area contributed by atoms with E-state index in [1.165, 1.54) is 0 Å². The van der Waals surface area contributed by atoms with Crippen molar-refractivity contribution in [1.29, 1.82) is 0 Å². The van der Waals surface area contributed by atoms with E-state index in [-0.39, 0.29) is 0 Å². The first-order chi connectivity index (χ1) is 5.24. The van der Waals surface area contributed by atoms with Gasteiger partial charge in [-0.15, -0.1) is 0 Å². The maximum atomic E-state index is 4.34. The highest BCUT2D eigenvalue weighted by molar-refractivity contribution is 7.98. The van der Waals surface area contributed by atoms with Crippen molar-refractivity contribution in [1.82, 2.24) is 9.97 Å². The molecule has 0 N–H and O–H groups in total. The number of hydrogen-bond donors (Lipinski definition) is 0. The predicted octanol–water partition coefficient (Wildman–Crippen LogP) is 2.32. The van der Waals surface area contributed by atoms with Crippen molar-refractivity contribution in [3.8, 4) is 0 Å². The van der Waals surface area contributed by atoms with Crippen molar-refractivity contribution in [3.05, 3.63) is 18.0 Å². The minimum absolute atomic E-state index is 0.490. The molecule has 1 rings (SSSR count). The topological polar surface area (TPSA) is 25.8 Å². The van der Waals surface area contributed by atoms with Gasteiger partial charge < -0.3 is 0 Å². The first-order valence-corrected chi connectivity index (χ1v) is 4.83. The Morgan fingerprint density at radius 3 is 2.73 bits per heavy atom. The molecule has 11 heavy (non-hydrogen) atoms. The van der Waals surface area contributed by atoms with Crippen molar-refractivity contribution >= 4 is 11.8 Å². The van der Waals surface area contributed by atoms with Gasteiger partial charge in [0, 0.05) is 11.9 Å². The Labute approximate surface area is 71.5 Å². The van der Waals surface area contributed by atoms with Crippen LogP contribution in [0.1, 0.15) is 25.5 Å². The summed E-state index contributed by atoms with van der Waals surface area (Å²) in [6, 6.07) is 1.96. The van der Waals surface area contributed by atoms with Gasteiger partial charge >= 0.3 is 0 Å². The van der Waals surface area contributed by atoms with Gasteiger partial charge in [-0.1, -0.05) is 25.6 Å². The van der Waals surface area contributed by atoms with Crippen LogP contribution in [0.15, 0.2) is 17.4 Å². The Morgan fingerprint density at radius 1 is 1.45 bits per heavy atom. The zero-order valence-electron chi connectivity index (χ0n) is 7.03. The van der Waals surface area contributed by atoms with E-state index in [4.69, 9.17) is 0 Å². The first kappa shape index (κ1) is 8.53. The number of hydrogen-bond acceptors (Lipinski definition) is 3. The van der Waals surface area contributed by atoms with Crippen LogP contribution in [0.5, 0.6) is 0 Å². The van der Waals surface area contributed by atoms with Crippen LogP contribution in [0.4, 0.5) is 0 Å². The average molecular weight is 168 g/mol. The highest BCUT2D eigenvalue weighted by Crippen LogP contribution is 2.13. The van der Waals surface area contributed by atoms with Gasteiger partial charge in [0.1, 0.15) is 0 Å². The molecule has 1 aromatic rings. The number of nitrogens with zero attached hydrogens (tertiary/aromatic N) is 2. The van der Waals surface area contributed by atoms with Gasteiger partial charge in [-0.3, -0.25) is 0 Å². The summed E-state index contributed by atoms with van der Waals surface area (Å²) in [5, 5.41) is 0.858. The zero-order chi connectivity index (χ0) is 8.27. The third-order valence-electron chi connectivity index (χ3n) is 1.43. The second-order valence-corrected chi connectivity index (χ2v) is 3.40. The summed E-state index contributed by atoms with van der Waals surface area (Å²) < 4.78 is 0. The standard InChI is InChI=1S/C8H12N2S/c1-6(2)7-4-5-9-8(10-7)11-3/h4-6H,1-3H3. The maximum Gasteiger partial charge on any atom is 0.187 e. The molecule has 0 amide bonds. The summed E-state index contributed by atoms with van der Waals surface area (Å²) in [5.74, 6) is 0.490. The summed E-state index contributed by atoms with van der Waals surface area (Å²) in [5.41, 5.74) is 1.12. The molecule has 0 radical (unpaired) electrons. The molecule has 0 spiro atoms. The van der Waals surface area contributed by atoms with Crippen LogP contribution in [0.2, 0.25) is 0 Å². The van der Waals surface area contributed by atoms with Crippen LogP contribution >= 0.6 is 11.8 Å². The summed E-state index contributed by atoms with van der Waals surface area (Å²) >= 11 is 1.58. The second kappa shape index (κ2) is 3.72. The Bertz CT molecular complexity index is 235. The molecular formula is C8H12N2S. The van der Waals surface area contributed by atoms with Crippen LogP contribution in [0.25, 0.3) is 0 Å². The van der Waals surface area contributed by atoms with Gasteiger partial charge in [0.2, 0.25) is 0 Å². The summed E-state index contributed by atoms with van der Waals surface area (Å²) in [7, 11) is 0. The Balaban J connectivity index is 2.91. The van der Waals surface area contributed by atoms with E-state index in [0.29, 0.717) is 5.92 Å². The normalized spacial score (nSPS) is 10.5. The van der Waals surface area contributed by atoms with Crippen molar-refractivity contribution in [2.45, 2.75) is 24.9 Å². The Hall–Kier alpha value is -0.570. The van der Waals surface area contributed by atoms with E-state index in [9.17, 15) is 0 Å². The molecule has 0 atom stereocenters. The zero-order valence-corrected chi connectivity index (χ0v) is 7.85. The molecule has 0 fully saturated rings. The molecule has 0 aliphatic rings. The van der Waals surface area contributed by atoms with Crippen molar-refractivity contribution < 1.29 is 0 Å². The molecule has 0 saturated heterocycles. The number of thioether (sulfide) groups is 1. The Morgan fingerprint density at radius 2 is 2.18 bits per heavy atom. The molecule has 3 heteroatoms. The highest BCUT2D eigenvalue weighted by Gasteiger charge is 2.00. The van der Waals surface area contributed by atoms with Gasteiger partial charge in [0.15, 0.2) is 5.16 Å². The molecule has 2 nitrogen and oxygen atoms in total.